The molecule has 0 aliphatic carbocycles. The average molecular weight is 289 g/mol. The highest BCUT2D eigenvalue weighted by molar-refractivity contribution is 5.85. The quantitative estimate of drug-likeness (QED) is 0.809. The van der Waals surface area contributed by atoms with E-state index >= 15 is 0 Å². The van der Waals surface area contributed by atoms with Crippen molar-refractivity contribution in [3.05, 3.63) is 29.8 Å². The van der Waals surface area contributed by atoms with E-state index in [2.05, 4.69) is 5.32 Å². The highest BCUT2D eigenvalue weighted by Crippen LogP contribution is 2.16. The molecule has 0 spiro atoms. The van der Waals surface area contributed by atoms with Crippen molar-refractivity contribution in [1.29, 1.82) is 5.26 Å². The van der Waals surface area contributed by atoms with E-state index in [1.165, 1.54) is 11.9 Å². The van der Waals surface area contributed by atoms with Crippen LogP contribution in [0.25, 0.3) is 0 Å². The molecule has 2 amide bonds. The zero-order chi connectivity index (χ0) is 15.7. The largest absolute Gasteiger partial charge is 0.482 e. The Morgan fingerprint density at radius 3 is 2.71 bits per heavy atom. The fourth-order valence-corrected chi connectivity index (χ4v) is 1.73. The third kappa shape index (κ3) is 5.15. The van der Waals surface area contributed by atoms with E-state index < -0.39 is 0 Å². The lowest BCUT2D eigenvalue weighted by Crippen LogP contribution is -2.42. The molecule has 1 aromatic carbocycles. The minimum Gasteiger partial charge on any atom is -0.482 e. The first-order valence-corrected chi connectivity index (χ1v) is 6.72. The summed E-state index contributed by atoms with van der Waals surface area (Å²) in [7, 11) is 1.52. The third-order valence-electron chi connectivity index (χ3n) is 2.82. The van der Waals surface area contributed by atoms with Crippen molar-refractivity contribution in [2.24, 2.45) is 0 Å². The minimum absolute atomic E-state index is 0.00638. The normalized spacial score (nSPS) is 9.57. The van der Waals surface area contributed by atoms with E-state index in [9.17, 15) is 9.59 Å². The van der Waals surface area contributed by atoms with Crippen LogP contribution in [0.5, 0.6) is 5.75 Å². The van der Waals surface area contributed by atoms with Crippen LogP contribution in [0.2, 0.25) is 0 Å². The number of hydrogen-bond acceptors (Lipinski definition) is 4. The summed E-state index contributed by atoms with van der Waals surface area (Å²) in [5.41, 5.74) is 0.374. The molecular formula is C15H19N3O3. The van der Waals surface area contributed by atoms with Gasteiger partial charge in [-0.3, -0.25) is 9.59 Å². The maximum absolute atomic E-state index is 12.1. The van der Waals surface area contributed by atoms with Gasteiger partial charge in [-0.1, -0.05) is 19.1 Å². The summed E-state index contributed by atoms with van der Waals surface area (Å²) in [5, 5.41) is 11.4. The van der Waals surface area contributed by atoms with E-state index in [4.69, 9.17) is 10.00 Å². The summed E-state index contributed by atoms with van der Waals surface area (Å²) in [6.07, 6.45) is 0.748. The van der Waals surface area contributed by atoms with Crippen LogP contribution in [-0.4, -0.2) is 43.5 Å². The fraction of sp³-hybridized carbons (Fsp3) is 0.400. The van der Waals surface area contributed by atoms with Crippen molar-refractivity contribution in [3.63, 3.8) is 0 Å². The number of hydrogen-bond donors (Lipinski definition) is 1. The number of nitrogens with zero attached hydrogens (tertiary/aromatic N) is 2. The molecule has 21 heavy (non-hydrogen) atoms. The van der Waals surface area contributed by atoms with Gasteiger partial charge in [0, 0.05) is 13.6 Å². The molecule has 0 aliphatic heterocycles. The first kappa shape index (κ1) is 16.5. The van der Waals surface area contributed by atoms with Crippen molar-refractivity contribution < 1.29 is 14.3 Å². The average Bonchev–Trinajstić information content (AvgIpc) is 2.52. The predicted octanol–water partition coefficient (Wildman–Crippen LogP) is 0.922. The van der Waals surface area contributed by atoms with Gasteiger partial charge in [0.25, 0.3) is 5.91 Å². The maximum atomic E-state index is 12.1. The molecule has 0 radical (unpaired) electrons. The van der Waals surface area contributed by atoms with E-state index in [-0.39, 0.29) is 25.0 Å². The van der Waals surface area contributed by atoms with Gasteiger partial charge in [-0.15, -0.1) is 0 Å². The lowest BCUT2D eigenvalue weighted by Gasteiger charge is -2.21. The smallest absolute Gasteiger partial charge is 0.260 e. The fourth-order valence-electron chi connectivity index (χ4n) is 1.73. The van der Waals surface area contributed by atoms with Crippen LogP contribution in [0.3, 0.4) is 0 Å². The molecule has 0 saturated heterocycles. The summed E-state index contributed by atoms with van der Waals surface area (Å²) in [6.45, 7) is 2.22. The van der Waals surface area contributed by atoms with E-state index in [0.29, 0.717) is 17.9 Å². The first-order chi connectivity index (χ1) is 10.1. The topological polar surface area (TPSA) is 82.4 Å². The van der Waals surface area contributed by atoms with Crippen molar-refractivity contribution in [1.82, 2.24) is 10.2 Å². The van der Waals surface area contributed by atoms with E-state index in [1.807, 2.05) is 13.0 Å². The Bertz CT molecular complexity index is 537. The van der Waals surface area contributed by atoms with Crippen LogP contribution in [0.1, 0.15) is 18.9 Å². The summed E-state index contributed by atoms with van der Waals surface area (Å²) in [6, 6.07) is 8.71. The number of rotatable bonds is 7. The molecule has 6 nitrogen and oxygen atoms in total. The Hall–Kier alpha value is -2.55. The van der Waals surface area contributed by atoms with Crippen LogP contribution in [0.4, 0.5) is 0 Å². The monoisotopic (exact) mass is 289 g/mol. The third-order valence-corrected chi connectivity index (χ3v) is 2.82. The molecule has 1 rings (SSSR count). The molecule has 1 N–H and O–H groups in total. The van der Waals surface area contributed by atoms with Gasteiger partial charge in [0.05, 0.1) is 12.1 Å². The summed E-state index contributed by atoms with van der Waals surface area (Å²) in [5.74, 6) is -0.146. The van der Waals surface area contributed by atoms with Crippen LogP contribution < -0.4 is 10.1 Å². The molecule has 0 aromatic heterocycles. The number of likely N-dealkylation sites (N-methyl/N-ethyl adjacent to an activating group) is 1. The number of benzene rings is 1. The highest BCUT2D eigenvalue weighted by Gasteiger charge is 2.16. The Kier molecular flexibility index (Phi) is 6.75. The second-order valence-corrected chi connectivity index (χ2v) is 4.39. The van der Waals surface area contributed by atoms with Crippen LogP contribution in [0, 0.1) is 11.3 Å². The SMILES string of the molecule is CCCN(CC(=O)NC)C(=O)COc1ccccc1C#N. The van der Waals surface area contributed by atoms with Crippen LogP contribution in [-0.2, 0) is 9.59 Å². The molecule has 112 valence electrons. The van der Waals surface area contributed by atoms with Gasteiger partial charge in [-0.25, -0.2) is 0 Å². The maximum Gasteiger partial charge on any atom is 0.260 e. The Labute approximate surface area is 124 Å². The Balaban J connectivity index is 2.65. The van der Waals surface area contributed by atoms with Crippen molar-refractivity contribution in [2.45, 2.75) is 13.3 Å². The number of ether oxygens (including phenoxy) is 1. The Morgan fingerprint density at radius 1 is 1.38 bits per heavy atom. The zero-order valence-electron chi connectivity index (χ0n) is 12.3. The molecule has 0 saturated carbocycles. The summed E-state index contributed by atoms with van der Waals surface area (Å²) in [4.78, 5) is 24.9. The number of amides is 2. The molecular weight excluding hydrogens is 270 g/mol. The molecule has 6 heteroatoms. The predicted molar refractivity (Wildman–Crippen MR) is 77.6 cm³/mol. The van der Waals surface area contributed by atoms with Crippen LogP contribution >= 0.6 is 0 Å². The van der Waals surface area contributed by atoms with Gasteiger partial charge in [0.2, 0.25) is 5.91 Å². The molecule has 0 bridgehead atoms. The summed E-state index contributed by atoms with van der Waals surface area (Å²) >= 11 is 0. The molecule has 0 fully saturated rings. The van der Waals surface area contributed by atoms with Gasteiger partial charge in [0.1, 0.15) is 11.8 Å². The zero-order valence-corrected chi connectivity index (χ0v) is 12.3. The summed E-state index contributed by atoms with van der Waals surface area (Å²) < 4.78 is 5.39. The van der Waals surface area contributed by atoms with Crippen LogP contribution in [0.15, 0.2) is 24.3 Å². The molecule has 0 heterocycles. The number of para-hydroxylation sites is 1. The molecule has 0 aliphatic rings. The Morgan fingerprint density at radius 2 is 2.10 bits per heavy atom. The number of nitriles is 1. The van der Waals surface area contributed by atoms with Crippen molar-refractivity contribution >= 4 is 11.8 Å². The van der Waals surface area contributed by atoms with Crippen molar-refractivity contribution in [3.8, 4) is 11.8 Å². The van der Waals surface area contributed by atoms with Crippen molar-refractivity contribution in [2.75, 3.05) is 26.7 Å². The number of carbonyl (C=O) groups excluding carboxylic acids is 2. The molecule has 1 aromatic rings. The number of nitrogens with one attached hydrogen (secondary N) is 1. The van der Waals surface area contributed by atoms with E-state index in [0.717, 1.165) is 6.42 Å². The second kappa shape index (κ2) is 8.59. The number of carbonyl (C=O) groups is 2. The highest BCUT2D eigenvalue weighted by atomic mass is 16.5. The van der Waals surface area contributed by atoms with Gasteiger partial charge < -0.3 is 15.0 Å². The standard InChI is InChI=1S/C15H19N3O3/c1-3-8-18(10-14(19)17-2)15(20)11-21-13-7-5-4-6-12(13)9-16/h4-7H,3,8,10-11H2,1-2H3,(H,17,19). The minimum atomic E-state index is -0.284. The lowest BCUT2D eigenvalue weighted by atomic mass is 10.2. The first-order valence-electron chi connectivity index (χ1n) is 6.72. The van der Waals surface area contributed by atoms with E-state index in [1.54, 1.807) is 24.3 Å². The lowest BCUT2D eigenvalue weighted by molar-refractivity contribution is -0.137. The molecule has 0 unspecified atom stereocenters. The van der Waals surface area contributed by atoms with Gasteiger partial charge in [0.15, 0.2) is 6.61 Å². The molecule has 0 atom stereocenters. The van der Waals surface area contributed by atoms with Gasteiger partial charge >= 0.3 is 0 Å². The second-order valence-electron chi connectivity index (χ2n) is 4.39. The van der Waals surface area contributed by atoms with Gasteiger partial charge in [-0.05, 0) is 18.6 Å². The van der Waals surface area contributed by atoms with Gasteiger partial charge in [-0.2, -0.15) is 5.26 Å².